The monoisotopic (exact) mass is 387 g/mol. The molecule has 27 heavy (non-hydrogen) atoms. The Morgan fingerprint density at radius 1 is 0.963 bits per heavy atom. The Labute approximate surface area is 158 Å². The van der Waals surface area contributed by atoms with Crippen LogP contribution < -0.4 is 11.1 Å². The van der Waals surface area contributed by atoms with Crippen molar-refractivity contribution in [3.05, 3.63) is 60.2 Å². The molecule has 2 amide bonds. The van der Waals surface area contributed by atoms with E-state index in [0.29, 0.717) is 12.8 Å². The lowest BCUT2D eigenvalue weighted by molar-refractivity contribution is -0.120. The predicted octanol–water partition coefficient (Wildman–Crippen LogP) is 1.82. The zero-order valence-corrected chi connectivity index (χ0v) is 15.5. The van der Waals surface area contributed by atoms with Crippen LogP contribution in [0.4, 0.5) is 5.69 Å². The molecule has 0 spiro atoms. The van der Waals surface area contributed by atoms with Crippen molar-refractivity contribution in [3.63, 3.8) is 0 Å². The molecular weight excluding hydrogens is 366 g/mol. The summed E-state index contributed by atoms with van der Waals surface area (Å²) in [5, 5.41) is 2.86. The number of benzene rings is 2. The summed E-state index contributed by atoms with van der Waals surface area (Å²) < 4.78 is 26.9. The third-order valence-electron chi connectivity index (χ3n) is 4.64. The fourth-order valence-electron chi connectivity index (χ4n) is 3.06. The van der Waals surface area contributed by atoms with Gasteiger partial charge in [0, 0.05) is 30.3 Å². The van der Waals surface area contributed by atoms with E-state index in [4.69, 9.17) is 5.73 Å². The Morgan fingerprint density at radius 3 is 2.11 bits per heavy atom. The molecule has 1 fully saturated rings. The molecule has 1 aliphatic rings. The first kappa shape index (κ1) is 19.1. The molecule has 0 saturated carbocycles. The zero-order valence-electron chi connectivity index (χ0n) is 14.7. The van der Waals surface area contributed by atoms with Crippen LogP contribution in [-0.2, 0) is 14.8 Å². The van der Waals surface area contributed by atoms with Crippen LogP contribution in [0.1, 0.15) is 23.2 Å². The van der Waals surface area contributed by atoms with Crippen molar-refractivity contribution < 1.29 is 18.0 Å². The number of amides is 2. The number of sulfonamides is 1. The molecule has 0 aromatic heterocycles. The smallest absolute Gasteiger partial charge is 0.248 e. The van der Waals surface area contributed by atoms with Crippen LogP contribution in [0.3, 0.4) is 0 Å². The molecule has 7 nitrogen and oxygen atoms in total. The fraction of sp³-hybridized carbons (Fsp3) is 0.263. The van der Waals surface area contributed by atoms with E-state index in [9.17, 15) is 18.0 Å². The normalized spacial score (nSPS) is 16.0. The summed E-state index contributed by atoms with van der Waals surface area (Å²) >= 11 is 0. The number of hydrogen-bond donors (Lipinski definition) is 2. The van der Waals surface area contributed by atoms with Crippen molar-refractivity contribution in [2.45, 2.75) is 17.7 Å². The zero-order chi connectivity index (χ0) is 19.4. The molecule has 0 atom stereocenters. The maximum atomic E-state index is 12.7. The number of para-hydroxylation sites is 1. The van der Waals surface area contributed by atoms with Crippen molar-refractivity contribution in [2.75, 3.05) is 18.4 Å². The van der Waals surface area contributed by atoms with Gasteiger partial charge in [0.05, 0.1) is 4.90 Å². The lowest BCUT2D eigenvalue weighted by atomic mass is 9.97. The first-order valence-corrected chi connectivity index (χ1v) is 10.1. The van der Waals surface area contributed by atoms with Crippen LogP contribution in [0.5, 0.6) is 0 Å². The molecule has 0 unspecified atom stereocenters. The van der Waals surface area contributed by atoms with E-state index in [0.717, 1.165) is 5.69 Å². The quantitative estimate of drug-likeness (QED) is 0.815. The van der Waals surface area contributed by atoms with Gasteiger partial charge in [-0.15, -0.1) is 0 Å². The summed E-state index contributed by atoms with van der Waals surface area (Å²) in [5.74, 6) is -0.929. The van der Waals surface area contributed by atoms with Crippen molar-refractivity contribution in [3.8, 4) is 0 Å². The number of rotatable bonds is 5. The molecule has 8 heteroatoms. The first-order valence-electron chi connectivity index (χ1n) is 8.64. The van der Waals surface area contributed by atoms with Gasteiger partial charge in [-0.1, -0.05) is 18.2 Å². The number of nitrogens with two attached hydrogens (primary N) is 1. The van der Waals surface area contributed by atoms with Crippen molar-refractivity contribution in [1.82, 2.24) is 4.31 Å². The Hall–Kier alpha value is -2.71. The average molecular weight is 387 g/mol. The highest BCUT2D eigenvalue weighted by Crippen LogP contribution is 2.25. The molecule has 0 radical (unpaired) electrons. The van der Waals surface area contributed by atoms with E-state index >= 15 is 0 Å². The first-order chi connectivity index (χ1) is 12.9. The summed E-state index contributed by atoms with van der Waals surface area (Å²) in [5.41, 5.74) is 6.16. The fourth-order valence-corrected chi connectivity index (χ4v) is 4.53. The highest BCUT2D eigenvalue weighted by Gasteiger charge is 2.32. The molecule has 0 bridgehead atoms. The molecule has 1 saturated heterocycles. The van der Waals surface area contributed by atoms with E-state index in [2.05, 4.69) is 5.32 Å². The Morgan fingerprint density at radius 2 is 1.56 bits per heavy atom. The molecule has 2 aromatic rings. The highest BCUT2D eigenvalue weighted by atomic mass is 32.2. The predicted molar refractivity (Wildman–Crippen MR) is 102 cm³/mol. The third kappa shape index (κ3) is 4.35. The van der Waals surface area contributed by atoms with E-state index in [1.807, 2.05) is 30.3 Å². The Kier molecular flexibility index (Phi) is 5.57. The third-order valence-corrected chi connectivity index (χ3v) is 6.56. The van der Waals surface area contributed by atoms with Crippen molar-refractivity contribution in [2.24, 2.45) is 11.7 Å². The van der Waals surface area contributed by atoms with Crippen LogP contribution in [0.2, 0.25) is 0 Å². The number of nitrogens with one attached hydrogen (secondary N) is 1. The molecule has 3 N–H and O–H groups in total. The lowest BCUT2D eigenvalue weighted by Gasteiger charge is -2.30. The van der Waals surface area contributed by atoms with Gasteiger partial charge in [-0.05, 0) is 49.2 Å². The number of piperidine rings is 1. The average Bonchev–Trinajstić information content (AvgIpc) is 2.69. The Bertz CT molecular complexity index is 919. The molecule has 2 aromatic carbocycles. The van der Waals surface area contributed by atoms with Crippen molar-refractivity contribution >= 4 is 27.5 Å². The van der Waals surface area contributed by atoms with Crippen LogP contribution >= 0.6 is 0 Å². The topological polar surface area (TPSA) is 110 Å². The number of hydrogen-bond acceptors (Lipinski definition) is 4. The van der Waals surface area contributed by atoms with E-state index in [1.54, 1.807) is 0 Å². The van der Waals surface area contributed by atoms with Crippen LogP contribution in [-0.4, -0.2) is 37.6 Å². The number of anilines is 1. The lowest BCUT2D eigenvalue weighted by Crippen LogP contribution is -2.41. The Balaban J connectivity index is 1.62. The van der Waals surface area contributed by atoms with Gasteiger partial charge in [0.25, 0.3) is 0 Å². The second-order valence-electron chi connectivity index (χ2n) is 6.42. The molecule has 142 valence electrons. The second kappa shape index (κ2) is 7.89. The van der Waals surface area contributed by atoms with Crippen LogP contribution in [0, 0.1) is 5.92 Å². The maximum Gasteiger partial charge on any atom is 0.248 e. The van der Waals surface area contributed by atoms with E-state index in [-0.39, 0.29) is 35.4 Å². The largest absolute Gasteiger partial charge is 0.366 e. The van der Waals surface area contributed by atoms with Gasteiger partial charge in [-0.2, -0.15) is 4.31 Å². The van der Waals surface area contributed by atoms with Gasteiger partial charge >= 0.3 is 0 Å². The van der Waals surface area contributed by atoms with Gasteiger partial charge < -0.3 is 11.1 Å². The van der Waals surface area contributed by atoms with E-state index < -0.39 is 15.9 Å². The minimum atomic E-state index is -3.66. The van der Waals surface area contributed by atoms with Gasteiger partial charge in [0.2, 0.25) is 21.8 Å². The minimum absolute atomic E-state index is 0.0935. The van der Waals surface area contributed by atoms with Gasteiger partial charge in [-0.25, -0.2) is 8.42 Å². The highest BCUT2D eigenvalue weighted by molar-refractivity contribution is 7.89. The summed E-state index contributed by atoms with van der Waals surface area (Å²) in [6.45, 7) is 0.541. The molecule has 0 aliphatic carbocycles. The maximum absolute atomic E-state index is 12.7. The minimum Gasteiger partial charge on any atom is -0.366 e. The van der Waals surface area contributed by atoms with Crippen molar-refractivity contribution in [1.29, 1.82) is 0 Å². The summed E-state index contributed by atoms with van der Waals surface area (Å²) in [4.78, 5) is 23.6. The standard InChI is InChI=1S/C19H21N3O4S/c20-18(23)14-6-8-17(9-7-14)27(25,26)22-12-10-15(11-13-22)19(24)21-16-4-2-1-3-5-16/h1-9,15H,10-13H2,(H2,20,23)(H,21,24). The summed E-state index contributed by atoms with van der Waals surface area (Å²) in [7, 11) is -3.66. The van der Waals surface area contributed by atoms with Crippen LogP contribution in [0.25, 0.3) is 0 Å². The SMILES string of the molecule is NC(=O)c1ccc(S(=O)(=O)N2CCC(C(=O)Nc3ccccc3)CC2)cc1. The molecular formula is C19H21N3O4S. The molecule has 1 heterocycles. The molecule has 3 rings (SSSR count). The number of primary amides is 1. The number of nitrogens with zero attached hydrogens (tertiary/aromatic N) is 1. The van der Waals surface area contributed by atoms with Gasteiger partial charge in [-0.3, -0.25) is 9.59 Å². The molecule has 1 aliphatic heterocycles. The summed E-state index contributed by atoms with van der Waals surface area (Å²) in [6, 6.07) is 14.7. The number of carbonyl (C=O) groups excluding carboxylic acids is 2. The van der Waals surface area contributed by atoms with Gasteiger partial charge in [0.15, 0.2) is 0 Å². The number of carbonyl (C=O) groups is 2. The van der Waals surface area contributed by atoms with Crippen LogP contribution in [0.15, 0.2) is 59.5 Å². The van der Waals surface area contributed by atoms with E-state index in [1.165, 1.54) is 28.6 Å². The summed E-state index contributed by atoms with van der Waals surface area (Å²) in [6.07, 6.45) is 0.911. The van der Waals surface area contributed by atoms with Gasteiger partial charge in [0.1, 0.15) is 0 Å². The second-order valence-corrected chi connectivity index (χ2v) is 8.36.